The third-order valence-corrected chi connectivity index (χ3v) is 1.71. The Morgan fingerprint density at radius 3 is 2.40 bits per heavy atom. The van der Waals surface area contributed by atoms with Crippen molar-refractivity contribution in [1.82, 2.24) is 5.32 Å². The van der Waals surface area contributed by atoms with Gasteiger partial charge >= 0.3 is 6.09 Å². The third kappa shape index (κ3) is 10.7. The summed E-state index contributed by atoms with van der Waals surface area (Å²) in [5, 5.41) is 2.62. The van der Waals surface area contributed by atoms with E-state index < -0.39 is 0 Å². The average molecular weight is 211 g/mol. The van der Waals surface area contributed by atoms with Crippen LogP contribution < -0.4 is 5.32 Å². The molecule has 0 spiro atoms. The Labute approximate surface area is 92.2 Å². The zero-order chi connectivity index (χ0) is 11.4. The standard InChI is InChI=1S/C12H21NO2/c1-3-5-6-7-8-9-10-11-13-12(14)15-4-2/h5-6,9-10H,3-4,7-8,11H2,1-2H3,(H,13,14)/b6-5-,10-9+. The molecule has 0 aliphatic rings. The van der Waals surface area contributed by atoms with E-state index in [2.05, 4.69) is 30.5 Å². The molecular weight excluding hydrogens is 190 g/mol. The lowest BCUT2D eigenvalue weighted by atomic mass is 10.2. The summed E-state index contributed by atoms with van der Waals surface area (Å²) in [6, 6.07) is 0. The first-order chi connectivity index (χ1) is 7.31. The van der Waals surface area contributed by atoms with Crippen molar-refractivity contribution in [3.8, 4) is 0 Å². The molecule has 0 rings (SSSR count). The van der Waals surface area contributed by atoms with Crippen molar-refractivity contribution in [1.29, 1.82) is 0 Å². The molecule has 0 aliphatic carbocycles. The lowest BCUT2D eigenvalue weighted by Gasteiger charge is -2.00. The number of allylic oxidation sites excluding steroid dienone is 3. The van der Waals surface area contributed by atoms with Crippen molar-refractivity contribution in [3.05, 3.63) is 24.3 Å². The summed E-state index contributed by atoms with van der Waals surface area (Å²) >= 11 is 0. The molecule has 3 heteroatoms. The van der Waals surface area contributed by atoms with Crippen molar-refractivity contribution in [3.63, 3.8) is 0 Å². The number of carbonyl (C=O) groups is 1. The Morgan fingerprint density at radius 2 is 1.80 bits per heavy atom. The maximum absolute atomic E-state index is 10.8. The smallest absolute Gasteiger partial charge is 0.407 e. The highest BCUT2D eigenvalue weighted by molar-refractivity contribution is 5.67. The monoisotopic (exact) mass is 211 g/mol. The molecule has 0 aromatic carbocycles. The predicted octanol–water partition coefficient (Wildman–Crippen LogP) is 3.04. The zero-order valence-electron chi connectivity index (χ0n) is 9.66. The second-order valence-electron chi connectivity index (χ2n) is 3.03. The summed E-state index contributed by atoms with van der Waals surface area (Å²) in [5.74, 6) is 0. The summed E-state index contributed by atoms with van der Waals surface area (Å²) in [7, 11) is 0. The quantitative estimate of drug-likeness (QED) is 0.519. The molecule has 1 amide bonds. The summed E-state index contributed by atoms with van der Waals surface area (Å²) in [6.07, 6.45) is 11.1. The molecule has 15 heavy (non-hydrogen) atoms. The highest BCUT2D eigenvalue weighted by Crippen LogP contribution is 1.93. The number of nitrogens with one attached hydrogen (secondary N) is 1. The molecule has 1 N–H and O–H groups in total. The Kier molecular flexibility index (Phi) is 9.93. The van der Waals surface area contributed by atoms with Gasteiger partial charge in [0.25, 0.3) is 0 Å². The van der Waals surface area contributed by atoms with Crippen LogP contribution in [0.1, 0.15) is 33.1 Å². The van der Waals surface area contributed by atoms with Crippen LogP contribution in [0.25, 0.3) is 0 Å². The SMILES string of the molecule is CC/C=C\CC/C=C/CNC(=O)OCC. The first-order valence-electron chi connectivity index (χ1n) is 5.51. The first kappa shape index (κ1) is 13.8. The summed E-state index contributed by atoms with van der Waals surface area (Å²) in [4.78, 5) is 10.8. The second kappa shape index (κ2) is 10.8. The number of hydrogen-bond donors (Lipinski definition) is 1. The van der Waals surface area contributed by atoms with E-state index in [1.54, 1.807) is 6.92 Å². The molecule has 86 valence electrons. The minimum absolute atomic E-state index is 0.354. The van der Waals surface area contributed by atoms with Crippen LogP contribution in [-0.2, 0) is 4.74 Å². The Morgan fingerprint density at radius 1 is 1.13 bits per heavy atom. The summed E-state index contributed by atoms with van der Waals surface area (Å²) in [6.45, 7) is 4.86. The number of amides is 1. The van der Waals surface area contributed by atoms with Gasteiger partial charge in [-0.05, 0) is 26.2 Å². The van der Waals surface area contributed by atoms with Crippen LogP contribution in [0.4, 0.5) is 4.79 Å². The van der Waals surface area contributed by atoms with Crippen molar-refractivity contribution < 1.29 is 9.53 Å². The largest absolute Gasteiger partial charge is 0.450 e. The minimum Gasteiger partial charge on any atom is -0.450 e. The van der Waals surface area contributed by atoms with Gasteiger partial charge < -0.3 is 10.1 Å². The fourth-order valence-corrected chi connectivity index (χ4v) is 1.00. The zero-order valence-corrected chi connectivity index (χ0v) is 9.66. The molecule has 0 saturated carbocycles. The lowest BCUT2D eigenvalue weighted by molar-refractivity contribution is 0.153. The molecule has 0 atom stereocenters. The van der Waals surface area contributed by atoms with Crippen LogP contribution in [0, 0.1) is 0 Å². The fraction of sp³-hybridized carbons (Fsp3) is 0.583. The minimum atomic E-state index is -0.354. The predicted molar refractivity (Wildman–Crippen MR) is 62.8 cm³/mol. The van der Waals surface area contributed by atoms with Crippen LogP contribution in [-0.4, -0.2) is 19.2 Å². The van der Waals surface area contributed by atoms with Gasteiger partial charge in [0.05, 0.1) is 6.61 Å². The third-order valence-electron chi connectivity index (χ3n) is 1.71. The van der Waals surface area contributed by atoms with Crippen LogP contribution in [0.5, 0.6) is 0 Å². The van der Waals surface area contributed by atoms with E-state index in [4.69, 9.17) is 4.74 Å². The van der Waals surface area contributed by atoms with Crippen molar-refractivity contribution in [2.75, 3.05) is 13.2 Å². The average Bonchev–Trinajstić information content (AvgIpc) is 2.22. The number of unbranched alkanes of at least 4 members (excludes halogenated alkanes) is 1. The van der Waals surface area contributed by atoms with Crippen LogP contribution in [0.2, 0.25) is 0 Å². The molecule has 0 aliphatic heterocycles. The van der Waals surface area contributed by atoms with Gasteiger partial charge in [0, 0.05) is 6.54 Å². The van der Waals surface area contributed by atoms with Crippen molar-refractivity contribution in [2.45, 2.75) is 33.1 Å². The van der Waals surface area contributed by atoms with Gasteiger partial charge in [-0.3, -0.25) is 0 Å². The van der Waals surface area contributed by atoms with E-state index in [-0.39, 0.29) is 6.09 Å². The maximum Gasteiger partial charge on any atom is 0.407 e. The van der Waals surface area contributed by atoms with Crippen LogP contribution in [0.15, 0.2) is 24.3 Å². The Hall–Kier alpha value is -1.25. The topological polar surface area (TPSA) is 38.3 Å². The molecular formula is C12H21NO2. The van der Waals surface area contributed by atoms with E-state index in [1.807, 2.05) is 6.08 Å². The summed E-state index contributed by atoms with van der Waals surface area (Å²) < 4.78 is 4.71. The van der Waals surface area contributed by atoms with E-state index in [1.165, 1.54) is 0 Å². The number of hydrogen-bond acceptors (Lipinski definition) is 2. The van der Waals surface area contributed by atoms with Gasteiger partial charge in [0.1, 0.15) is 0 Å². The van der Waals surface area contributed by atoms with Gasteiger partial charge in [-0.25, -0.2) is 4.79 Å². The number of alkyl carbamates (subject to hydrolysis) is 1. The fourth-order valence-electron chi connectivity index (χ4n) is 1.00. The highest BCUT2D eigenvalue weighted by atomic mass is 16.5. The van der Waals surface area contributed by atoms with Gasteiger partial charge in [-0.1, -0.05) is 31.2 Å². The first-order valence-corrected chi connectivity index (χ1v) is 5.51. The normalized spacial score (nSPS) is 11.1. The molecule has 0 radical (unpaired) electrons. The van der Waals surface area contributed by atoms with E-state index in [0.29, 0.717) is 13.2 Å². The Bertz CT molecular complexity index is 210. The number of carbonyl (C=O) groups excluding carboxylic acids is 1. The van der Waals surface area contributed by atoms with Gasteiger partial charge in [-0.2, -0.15) is 0 Å². The van der Waals surface area contributed by atoms with Crippen LogP contribution in [0.3, 0.4) is 0 Å². The maximum atomic E-state index is 10.8. The highest BCUT2D eigenvalue weighted by Gasteiger charge is 1.94. The van der Waals surface area contributed by atoms with Gasteiger partial charge in [-0.15, -0.1) is 0 Å². The van der Waals surface area contributed by atoms with Crippen LogP contribution >= 0.6 is 0 Å². The van der Waals surface area contributed by atoms with Gasteiger partial charge in [0.2, 0.25) is 0 Å². The molecule has 0 unspecified atom stereocenters. The molecule has 3 nitrogen and oxygen atoms in total. The molecule has 0 aromatic rings. The van der Waals surface area contributed by atoms with Crippen molar-refractivity contribution >= 4 is 6.09 Å². The molecule has 0 bridgehead atoms. The van der Waals surface area contributed by atoms with E-state index in [0.717, 1.165) is 19.3 Å². The molecule has 0 aromatic heterocycles. The lowest BCUT2D eigenvalue weighted by Crippen LogP contribution is -2.24. The van der Waals surface area contributed by atoms with Crippen molar-refractivity contribution in [2.24, 2.45) is 0 Å². The number of ether oxygens (including phenoxy) is 1. The summed E-state index contributed by atoms with van der Waals surface area (Å²) in [5.41, 5.74) is 0. The molecule has 0 heterocycles. The van der Waals surface area contributed by atoms with E-state index in [9.17, 15) is 4.79 Å². The molecule has 0 saturated heterocycles. The van der Waals surface area contributed by atoms with E-state index >= 15 is 0 Å². The number of rotatable bonds is 7. The second-order valence-corrected chi connectivity index (χ2v) is 3.03. The Balaban J connectivity index is 3.31. The van der Waals surface area contributed by atoms with Gasteiger partial charge in [0.15, 0.2) is 0 Å². The molecule has 0 fully saturated rings.